The minimum atomic E-state index is 0.536. The molecular weight excluding hydrogens is 204 g/mol. The summed E-state index contributed by atoms with van der Waals surface area (Å²) in [6, 6.07) is 0. The number of hydrogen-bond donors (Lipinski definition) is 2. The zero-order valence-corrected chi connectivity index (χ0v) is 11.0. The molecule has 0 spiro atoms. The van der Waals surface area contributed by atoms with Gasteiger partial charge in [-0.1, -0.05) is 13.8 Å². The molecule has 0 bridgehead atoms. The monoisotopic (exact) mass is 230 g/mol. The van der Waals surface area contributed by atoms with Crippen LogP contribution in [0, 0.1) is 5.92 Å². The summed E-state index contributed by atoms with van der Waals surface area (Å²) in [5.74, 6) is 1.08. The number of aliphatic imine (C=N–C) groups is 1. The average Bonchev–Trinajstić information content (AvgIpc) is 2.23. The van der Waals surface area contributed by atoms with Gasteiger partial charge in [-0.05, 0) is 13.0 Å². The Kier molecular flexibility index (Phi) is 8.94. The molecule has 0 radical (unpaired) electrons. The lowest BCUT2D eigenvalue weighted by atomic mass is 10.2. The summed E-state index contributed by atoms with van der Waals surface area (Å²) >= 11 is 0. The van der Waals surface area contributed by atoms with Gasteiger partial charge in [-0.25, -0.2) is 0 Å². The van der Waals surface area contributed by atoms with Gasteiger partial charge in [0.05, 0.1) is 6.61 Å². The van der Waals surface area contributed by atoms with Crippen LogP contribution in [0.3, 0.4) is 0 Å². The molecule has 5 heteroatoms. The molecule has 0 aromatic rings. The summed E-state index contributed by atoms with van der Waals surface area (Å²) in [5, 5.41) is 3.09. The van der Waals surface area contributed by atoms with E-state index >= 15 is 0 Å². The van der Waals surface area contributed by atoms with Crippen molar-refractivity contribution < 1.29 is 4.74 Å². The van der Waals surface area contributed by atoms with Crippen LogP contribution in [0.25, 0.3) is 0 Å². The summed E-state index contributed by atoms with van der Waals surface area (Å²) < 4.78 is 4.99. The molecule has 16 heavy (non-hydrogen) atoms. The maximum Gasteiger partial charge on any atom is 0.188 e. The second-order valence-corrected chi connectivity index (χ2v) is 4.34. The van der Waals surface area contributed by atoms with Gasteiger partial charge in [0.25, 0.3) is 0 Å². The van der Waals surface area contributed by atoms with Crippen molar-refractivity contribution in [1.29, 1.82) is 0 Å². The fourth-order valence-corrected chi connectivity index (χ4v) is 1.07. The Labute approximate surface area is 99.0 Å². The SMILES string of the molecule is COCCN(C)CCNC(N)=NCC(C)C. The molecule has 0 aromatic carbocycles. The fourth-order valence-electron chi connectivity index (χ4n) is 1.07. The van der Waals surface area contributed by atoms with Crippen molar-refractivity contribution >= 4 is 5.96 Å². The Morgan fingerprint density at radius 1 is 1.44 bits per heavy atom. The van der Waals surface area contributed by atoms with Crippen molar-refractivity contribution in [3.63, 3.8) is 0 Å². The maximum atomic E-state index is 5.70. The third-order valence-electron chi connectivity index (χ3n) is 2.10. The van der Waals surface area contributed by atoms with Crippen LogP contribution >= 0.6 is 0 Å². The highest BCUT2D eigenvalue weighted by atomic mass is 16.5. The molecule has 3 N–H and O–H groups in total. The van der Waals surface area contributed by atoms with Gasteiger partial charge in [-0.3, -0.25) is 4.99 Å². The molecule has 0 atom stereocenters. The quantitative estimate of drug-likeness (QED) is 0.459. The second-order valence-electron chi connectivity index (χ2n) is 4.34. The number of nitrogens with two attached hydrogens (primary N) is 1. The van der Waals surface area contributed by atoms with Crippen molar-refractivity contribution in [3.8, 4) is 0 Å². The molecule has 0 rings (SSSR count). The number of rotatable bonds is 8. The number of hydrogen-bond acceptors (Lipinski definition) is 3. The van der Waals surface area contributed by atoms with E-state index in [1.807, 2.05) is 0 Å². The summed E-state index contributed by atoms with van der Waals surface area (Å²) in [7, 11) is 3.77. The van der Waals surface area contributed by atoms with Crippen LogP contribution in [-0.4, -0.2) is 57.8 Å². The van der Waals surface area contributed by atoms with Crippen LogP contribution < -0.4 is 11.1 Å². The van der Waals surface area contributed by atoms with Crippen LogP contribution in [0.2, 0.25) is 0 Å². The standard InChI is InChI=1S/C11H26N4O/c1-10(2)9-14-11(12)13-5-6-15(3)7-8-16-4/h10H,5-9H2,1-4H3,(H3,12,13,14). The van der Waals surface area contributed by atoms with Gasteiger partial charge in [0.2, 0.25) is 0 Å². The Hall–Kier alpha value is -0.810. The summed E-state index contributed by atoms with van der Waals surface area (Å²) in [6.07, 6.45) is 0. The smallest absolute Gasteiger partial charge is 0.188 e. The first-order valence-electron chi connectivity index (χ1n) is 5.77. The predicted molar refractivity (Wildman–Crippen MR) is 68.7 cm³/mol. The third-order valence-corrected chi connectivity index (χ3v) is 2.10. The van der Waals surface area contributed by atoms with Crippen molar-refractivity contribution in [2.45, 2.75) is 13.8 Å². The van der Waals surface area contributed by atoms with E-state index in [0.29, 0.717) is 11.9 Å². The third kappa shape index (κ3) is 9.73. The summed E-state index contributed by atoms with van der Waals surface area (Å²) in [6.45, 7) is 8.45. The number of likely N-dealkylation sites (N-methyl/N-ethyl adjacent to an activating group) is 1. The van der Waals surface area contributed by atoms with Gasteiger partial charge < -0.3 is 20.7 Å². The molecule has 0 aliphatic rings. The highest BCUT2D eigenvalue weighted by Gasteiger charge is 1.98. The zero-order chi connectivity index (χ0) is 12.4. The molecule has 0 saturated heterocycles. The molecule has 0 amide bonds. The van der Waals surface area contributed by atoms with E-state index in [9.17, 15) is 0 Å². The van der Waals surface area contributed by atoms with Gasteiger partial charge in [0, 0.05) is 33.3 Å². The molecule has 0 unspecified atom stereocenters. The van der Waals surface area contributed by atoms with Crippen LogP contribution in [0.15, 0.2) is 4.99 Å². The fraction of sp³-hybridized carbons (Fsp3) is 0.909. The van der Waals surface area contributed by atoms with E-state index < -0.39 is 0 Å². The molecule has 0 fully saturated rings. The highest BCUT2D eigenvalue weighted by molar-refractivity contribution is 5.77. The van der Waals surface area contributed by atoms with Crippen LogP contribution in [0.5, 0.6) is 0 Å². The van der Waals surface area contributed by atoms with Crippen molar-refractivity contribution in [2.24, 2.45) is 16.6 Å². The van der Waals surface area contributed by atoms with E-state index in [0.717, 1.165) is 32.8 Å². The normalized spacial score (nSPS) is 12.5. The highest BCUT2D eigenvalue weighted by Crippen LogP contribution is 1.90. The zero-order valence-electron chi connectivity index (χ0n) is 11.0. The Bertz CT molecular complexity index is 194. The Morgan fingerprint density at radius 2 is 2.12 bits per heavy atom. The molecule has 0 aliphatic heterocycles. The first-order chi connectivity index (χ1) is 7.56. The molecule has 96 valence electrons. The first-order valence-corrected chi connectivity index (χ1v) is 5.77. The number of methoxy groups -OCH3 is 1. The molecule has 0 heterocycles. The number of guanidine groups is 1. The van der Waals surface area contributed by atoms with Gasteiger partial charge >= 0.3 is 0 Å². The van der Waals surface area contributed by atoms with Gasteiger partial charge in [0.15, 0.2) is 5.96 Å². The Balaban J connectivity index is 3.53. The van der Waals surface area contributed by atoms with Gasteiger partial charge in [-0.15, -0.1) is 0 Å². The van der Waals surface area contributed by atoms with Crippen molar-refractivity contribution in [2.75, 3.05) is 46.9 Å². The first kappa shape index (κ1) is 15.2. The lowest BCUT2D eigenvalue weighted by Crippen LogP contribution is -2.38. The molecule has 0 aromatic heterocycles. The molecule has 5 nitrogen and oxygen atoms in total. The molecule has 0 saturated carbocycles. The van der Waals surface area contributed by atoms with Crippen LogP contribution in [-0.2, 0) is 4.74 Å². The average molecular weight is 230 g/mol. The van der Waals surface area contributed by atoms with Crippen LogP contribution in [0.1, 0.15) is 13.8 Å². The lowest BCUT2D eigenvalue weighted by molar-refractivity contribution is 0.162. The van der Waals surface area contributed by atoms with Gasteiger partial charge in [-0.2, -0.15) is 0 Å². The van der Waals surface area contributed by atoms with Gasteiger partial charge in [0.1, 0.15) is 0 Å². The lowest BCUT2D eigenvalue weighted by Gasteiger charge is -2.16. The predicted octanol–water partition coefficient (Wildman–Crippen LogP) is 0.125. The number of nitrogens with zero attached hydrogens (tertiary/aromatic N) is 2. The van der Waals surface area contributed by atoms with E-state index in [4.69, 9.17) is 10.5 Å². The molecular formula is C11H26N4O. The second kappa shape index (κ2) is 9.42. The molecule has 0 aliphatic carbocycles. The van der Waals surface area contributed by atoms with E-state index in [1.54, 1.807) is 7.11 Å². The summed E-state index contributed by atoms with van der Waals surface area (Å²) in [4.78, 5) is 6.41. The minimum absolute atomic E-state index is 0.536. The number of ether oxygens (including phenoxy) is 1. The summed E-state index contributed by atoms with van der Waals surface area (Å²) in [5.41, 5.74) is 5.70. The van der Waals surface area contributed by atoms with E-state index in [2.05, 4.69) is 36.1 Å². The minimum Gasteiger partial charge on any atom is -0.383 e. The largest absolute Gasteiger partial charge is 0.383 e. The van der Waals surface area contributed by atoms with E-state index in [-0.39, 0.29) is 0 Å². The topological polar surface area (TPSA) is 62.9 Å². The van der Waals surface area contributed by atoms with Crippen molar-refractivity contribution in [1.82, 2.24) is 10.2 Å². The van der Waals surface area contributed by atoms with Crippen molar-refractivity contribution in [3.05, 3.63) is 0 Å². The van der Waals surface area contributed by atoms with E-state index in [1.165, 1.54) is 0 Å². The Morgan fingerprint density at radius 3 is 2.69 bits per heavy atom. The number of nitrogens with one attached hydrogen (secondary N) is 1. The maximum absolute atomic E-state index is 5.70. The van der Waals surface area contributed by atoms with Crippen LogP contribution in [0.4, 0.5) is 0 Å².